The highest BCUT2D eigenvalue weighted by atomic mass is 19.4. The number of esters is 1. The molecule has 0 radical (unpaired) electrons. The van der Waals surface area contributed by atoms with Crippen molar-refractivity contribution in [3.05, 3.63) is 88.2 Å². The summed E-state index contributed by atoms with van der Waals surface area (Å²) in [6.45, 7) is 1.87. The molecule has 0 fully saturated rings. The Bertz CT molecular complexity index is 1020. The van der Waals surface area contributed by atoms with Crippen molar-refractivity contribution in [3.63, 3.8) is 0 Å². The minimum absolute atomic E-state index is 0.253. The Morgan fingerprint density at radius 1 is 0.967 bits per heavy atom. The zero-order valence-electron chi connectivity index (χ0n) is 16.3. The molecule has 156 valence electrons. The highest BCUT2D eigenvalue weighted by Gasteiger charge is 2.36. The highest BCUT2D eigenvalue weighted by Crippen LogP contribution is 2.42. The molecule has 2 heterocycles. The van der Waals surface area contributed by atoms with Gasteiger partial charge in [-0.05, 0) is 54.0 Å². The zero-order valence-corrected chi connectivity index (χ0v) is 16.3. The van der Waals surface area contributed by atoms with E-state index in [2.05, 4.69) is 0 Å². The number of methoxy groups -OCH3 is 1. The molecule has 7 heteroatoms. The number of ether oxygens (including phenoxy) is 3. The first kappa shape index (κ1) is 20.1. The monoisotopic (exact) mass is 416 g/mol. The lowest BCUT2D eigenvalue weighted by Crippen LogP contribution is -2.25. The molecule has 0 saturated carbocycles. The summed E-state index contributed by atoms with van der Waals surface area (Å²) in [6.07, 6.45) is -3.49. The smallest absolute Gasteiger partial charge is 0.416 e. The standard InChI is InChI=1S/C23H19F3O4/c1-13-11-18-20(29-21(13)15-5-9-17(28-2)10-6-15)12-19(30-22(18)27)14-3-7-16(8-4-14)23(24,25)26/h3-11,19,21H,12H2,1-2H3. The van der Waals surface area contributed by atoms with E-state index in [0.717, 1.165) is 29.0 Å². The molecule has 0 aliphatic carbocycles. The summed E-state index contributed by atoms with van der Waals surface area (Å²) in [5, 5.41) is 0. The number of carbonyl (C=O) groups excluding carboxylic acids is 1. The number of cyclic esters (lactones) is 1. The third-order valence-corrected chi connectivity index (χ3v) is 5.21. The Morgan fingerprint density at radius 2 is 1.60 bits per heavy atom. The maximum Gasteiger partial charge on any atom is 0.416 e. The maximum absolute atomic E-state index is 12.8. The summed E-state index contributed by atoms with van der Waals surface area (Å²) in [5.74, 6) is 0.649. The molecule has 0 aromatic heterocycles. The molecule has 2 aromatic rings. The van der Waals surface area contributed by atoms with Crippen LogP contribution in [0.1, 0.15) is 42.2 Å². The first-order valence-electron chi connectivity index (χ1n) is 9.36. The number of carbonyl (C=O) groups is 1. The number of halogens is 3. The lowest BCUT2D eigenvalue weighted by atomic mass is 9.93. The van der Waals surface area contributed by atoms with Gasteiger partial charge in [-0.25, -0.2) is 4.79 Å². The molecule has 2 atom stereocenters. The largest absolute Gasteiger partial charge is 0.497 e. The number of hydrogen-bond donors (Lipinski definition) is 0. The summed E-state index contributed by atoms with van der Waals surface area (Å²) >= 11 is 0. The minimum atomic E-state index is -4.42. The number of rotatable bonds is 3. The number of hydrogen-bond acceptors (Lipinski definition) is 4. The van der Waals surface area contributed by atoms with Crippen LogP contribution in [0.3, 0.4) is 0 Å². The van der Waals surface area contributed by atoms with Gasteiger partial charge < -0.3 is 14.2 Å². The Morgan fingerprint density at radius 3 is 2.20 bits per heavy atom. The van der Waals surface area contributed by atoms with Crippen molar-refractivity contribution in [1.29, 1.82) is 0 Å². The maximum atomic E-state index is 12.8. The van der Waals surface area contributed by atoms with E-state index in [1.54, 1.807) is 13.2 Å². The summed E-state index contributed by atoms with van der Waals surface area (Å²) in [4.78, 5) is 12.5. The molecular weight excluding hydrogens is 397 g/mol. The predicted octanol–water partition coefficient (Wildman–Crippen LogP) is 5.67. The molecule has 0 amide bonds. The van der Waals surface area contributed by atoms with E-state index in [9.17, 15) is 18.0 Å². The summed E-state index contributed by atoms with van der Waals surface area (Å²) in [7, 11) is 1.59. The van der Waals surface area contributed by atoms with Crippen LogP contribution >= 0.6 is 0 Å². The fourth-order valence-corrected chi connectivity index (χ4v) is 3.60. The van der Waals surface area contributed by atoms with Crippen molar-refractivity contribution in [3.8, 4) is 5.75 Å². The van der Waals surface area contributed by atoms with Gasteiger partial charge in [0.05, 0.1) is 18.2 Å². The summed E-state index contributed by atoms with van der Waals surface area (Å²) in [5.41, 5.74) is 1.84. The normalized spacial score (nSPS) is 21.4. The second-order valence-corrected chi connectivity index (χ2v) is 7.21. The topological polar surface area (TPSA) is 44.8 Å². The van der Waals surface area contributed by atoms with Crippen LogP contribution in [0.25, 0.3) is 0 Å². The zero-order chi connectivity index (χ0) is 21.5. The van der Waals surface area contributed by atoms with Gasteiger partial charge in [0.15, 0.2) is 0 Å². The fourth-order valence-electron chi connectivity index (χ4n) is 3.60. The van der Waals surface area contributed by atoms with Gasteiger partial charge in [-0.1, -0.05) is 24.3 Å². The molecule has 2 aliphatic heterocycles. The summed E-state index contributed by atoms with van der Waals surface area (Å²) in [6, 6.07) is 12.1. The summed E-state index contributed by atoms with van der Waals surface area (Å²) < 4.78 is 55.2. The molecule has 2 aromatic carbocycles. The van der Waals surface area contributed by atoms with E-state index in [0.29, 0.717) is 16.9 Å². The first-order valence-corrected chi connectivity index (χ1v) is 9.36. The van der Waals surface area contributed by atoms with Gasteiger partial charge >= 0.3 is 12.1 Å². The predicted molar refractivity (Wildman–Crippen MR) is 102 cm³/mol. The number of benzene rings is 2. The molecule has 0 spiro atoms. The van der Waals surface area contributed by atoms with Crippen molar-refractivity contribution in [2.24, 2.45) is 0 Å². The molecule has 2 unspecified atom stereocenters. The van der Waals surface area contributed by atoms with Crippen LogP contribution in [0.5, 0.6) is 5.75 Å². The second kappa shape index (κ2) is 7.55. The van der Waals surface area contributed by atoms with Crippen LogP contribution in [0, 0.1) is 0 Å². The van der Waals surface area contributed by atoms with Gasteiger partial charge in [0, 0.05) is 6.42 Å². The number of alkyl halides is 3. The molecular formula is C23H19F3O4. The van der Waals surface area contributed by atoms with Crippen LogP contribution in [-0.4, -0.2) is 13.1 Å². The van der Waals surface area contributed by atoms with Crippen LogP contribution < -0.4 is 4.74 Å². The quantitative estimate of drug-likeness (QED) is 0.605. The Kier molecular flexibility index (Phi) is 5.05. The van der Waals surface area contributed by atoms with Gasteiger partial charge in [0.1, 0.15) is 23.7 Å². The molecule has 0 bridgehead atoms. The van der Waals surface area contributed by atoms with Crippen molar-refractivity contribution in [2.75, 3.05) is 7.11 Å². The highest BCUT2D eigenvalue weighted by molar-refractivity contribution is 5.93. The fraction of sp³-hybridized carbons (Fsp3) is 0.261. The third kappa shape index (κ3) is 3.79. The van der Waals surface area contributed by atoms with Crippen LogP contribution in [0.4, 0.5) is 13.2 Å². The molecule has 4 nitrogen and oxygen atoms in total. The van der Waals surface area contributed by atoms with Gasteiger partial charge in [0.2, 0.25) is 0 Å². The molecule has 0 N–H and O–H groups in total. The van der Waals surface area contributed by atoms with Gasteiger partial charge in [0.25, 0.3) is 0 Å². The van der Waals surface area contributed by atoms with Gasteiger partial charge in [-0.2, -0.15) is 13.2 Å². The SMILES string of the molecule is COc1ccc(C2OC3=C(C=C2C)C(=O)OC(c2ccc(C(F)(F)F)cc2)C3)cc1. The Hall–Kier alpha value is -3.22. The Labute approximate surface area is 171 Å². The lowest BCUT2D eigenvalue weighted by Gasteiger charge is -2.33. The van der Waals surface area contributed by atoms with Crippen molar-refractivity contribution in [2.45, 2.75) is 31.7 Å². The van der Waals surface area contributed by atoms with Crippen molar-refractivity contribution >= 4 is 5.97 Å². The van der Waals surface area contributed by atoms with E-state index in [1.165, 1.54) is 12.1 Å². The van der Waals surface area contributed by atoms with E-state index >= 15 is 0 Å². The van der Waals surface area contributed by atoms with Crippen molar-refractivity contribution in [1.82, 2.24) is 0 Å². The minimum Gasteiger partial charge on any atom is -0.497 e. The van der Waals surface area contributed by atoms with E-state index in [-0.39, 0.29) is 12.5 Å². The van der Waals surface area contributed by atoms with Crippen molar-refractivity contribution < 1.29 is 32.2 Å². The van der Waals surface area contributed by atoms with Crippen LogP contribution in [-0.2, 0) is 20.4 Å². The molecule has 30 heavy (non-hydrogen) atoms. The molecule has 2 aliphatic rings. The Balaban J connectivity index is 1.58. The lowest BCUT2D eigenvalue weighted by molar-refractivity contribution is -0.147. The third-order valence-electron chi connectivity index (χ3n) is 5.21. The molecule has 4 rings (SSSR count). The van der Waals surface area contributed by atoms with Gasteiger partial charge in [-0.3, -0.25) is 0 Å². The average Bonchev–Trinajstić information content (AvgIpc) is 2.73. The van der Waals surface area contributed by atoms with E-state index in [1.807, 2.05) is 31.2 Å². The van der Waals surface area contributed by atoms with E-state index < -0.39 is 23.8 Å². The molecule has 0 saturated heterocycles. The van der Waals surface area contributed by atoms with Gasteiger partial charge in [-0.15, -0.1) is 0 Å². The van der Waals surface area contributed by atoms with Crippen LogP contribution in [0.2, 0.25) is 0 Å². The van der Waals surface area contributed by atoms with Crippen LogP contribution in [0.15, 0.2) is 71.5 Å². The second-order valence-electron chi connectivity index (χ2n) is 7.21. The first-order chi connectivity index (χ1) is 14.3. The average molecular weight is 416 g/mol. The van der Waals surface area contributed by atoms with E-state index in [4.69, 9.17) is 14.2 Å².